The van der Waals surface area contributed by atoms with Gasteiger partial charge in [0.05, 0.1) is 12.5 Å². The lowest BCUT2D eigenvalue weighted by atomic mass is 10.0. The van der Waals surface area contributed by atoms with E-state index in [4.69, 9.17) is 4.74 Å². The van der Waals surface area contributed by atoms with Gasteiger partial charge in [-0.25, -0.2) is 0 Å². The summed E-state index contributed by atoms with van der Waals surface area (Å²) in [6, 6.07) is 4.41. The van der Waals surface area contributed by atoms with Gasteiger partial charge in [-0.05, 0) is 56.4 Å². The number of carbonyl (C=O) groups excluding carboxylic acids is 1. The van der Waals surface area contributed by atoms with Gasteiger partial charge in [0.1, 0.15) is 0 Å². The summed E-state index contributed by atoms with van der Waals surface area (Å²) >= 11 is 0. The Balaban J connectivity index is 2.19. The number of rotatable bonds is 4. The van der Waals surface area contributed by atoms with Crippen LogP contribution in [0.1, 0.15) is 29.5 Å². The van der Waals surface area contributed by atoms with Crippen LogP contribution >= 0.6 is 0 Å². The van der Waals surface area contributed by atoms with Gasteiger partial charge in [0.25, 0.3) is 0 Å². The first-order chi connectivity index (χ1) is 8.89. The van der Waals surface area contributed by atoms with Gasteiger partial charge in [-0.15, -0.1) is 0 Å². The maximum absolute atomic E-state index is 11.8. The Morgan fingerprint density at radius 1 is 1.21 bits per heavy atom. The van der Waals surface area contributed by atoms with Crippen LogP contribution < -0.4 is 4.90 Å². The molecule has 1 aliphatic carbocycles. The summed E-state index contributed by atoms with van der Waals surface area (Å²) in [6.07, 6.45) is 1.88. The fourth-order valence-electron chi connectivity index (χ4n) is 2.69. The molecule has 19 heavy (non-hydrogen) atoms. The van der Waals surface area contributed by atoms with Crippen LogP contribution in [-0.4, -0.2) is 26.7 Å². The highest BCUT2D eigenvalue weighted by Crippen LogP contribution is 2.47. The van der Waals surface area contributed by atoms with E-state index in [9.17, 15) is 4.79 Å². The van der Waals surface area contributed by atoms with Crippen molar-refractivity contribution < 1.29 is 9.53 Å². The van der Waals surface area contributed by atoms with Crippen LogP contribution in [-0.2, 0) is 9.53 Å². The quantitative estimate of drug-likeness (QED) is 0.780. The molecule has 0 atom stereocenters. The highest BCUT2D eigenvalue weighted by atomic mass is 16.5. The van der Waals surface area contributed by atoms with Crippen LogP contribution in [0.5, 0.6) is 0 Å². The van der Waals surface area contributed by atoms with Gasteiger partial charge in [0.2, 0.25) is 0 Å². The zero-order chi connectivity index (χ0) is 14.2. The molecule has 0 spiro atoms. The average Bonchev–Trinajstić information content (AvgIpc) is 3.13. The van der Waals surface area contributed by atoms with Crippen LogP contribution in [0.25, 0.3) is 0 Å². The molecule has 2 rings (SSSR count). The molecule has 104 valence electrons. The topological polar surface area (TPSA) is 29.5 Å². The monoisotopic (exact) mass is 261 g/mol. The number of hydrogen-bond donors (Lipinski definition) is 0. The normalized spacial score (nSPS) is 16.1. The summed E-state index contributed by atoms with van der Waals surface area (Å²) in [6.45, 7) is 7.11. The number of carbonyl (C=O) groups is 1. The lowest BCUT2D eigenvalue weighted by Crippen LogP contribution is -2.33. The minimum atomic E-state index is -0.269. The molecule has 0 unspecified atom stereocenters. The number of nitrogens with zero attached hydrogens (tertiary/aromatic N) is 1. The molecule has 0 N–H and O–H groups in total. The summed E-state index contributed by atoms with van der Waals surface area (Å²) in [4.78, 5) is 14.0. The Bertz CT molecular complexity index is 504. The van der Waals surface area contributed by atoms with E-state index in [0.29, 0.717) is 0 Å². The first-order valence-electron chi connectivity index (χ1n) is 6.77. The van der Waals surface area contributed by atoms with E-state index in [2.05, 4.69) is 44.9 Å². The molecule has 0 saturated heterocycles. The second-order valence-corrected chi connectivity index (χ2v) is 5.85. The average molecular weight is 261 g/mol. The number of anilines is 1. The second kappa shape index (κ2) is 4.87. The van der Waals surface area contributed by atoms with Gasteiger partial charge < -0.3 is 9.64 Å². The molecule has 3 nitrogen and oxygen atoms in total. The highest BCUT2D eigenvalue weighted by Gasteiger charge is 2.51. The fraction of sp³-hybridized carbons (Fsp3) is 0.562. The third-order valence-corrected chi connectivity index (χ3v) is 4.24. The van der Waals surface area contributed by atoms with Gasteiger partial charge in [0.15, 0.2) is 0 Å². The van der Waals surface area contributed by atoms with Crippen molar-refractivity contribution >= 4 is 11.7 Å². The number of ether oxygens (including phenoxy) is 1. The van der Waals surface area contributed by atoms with Crippen molar-refractivity contribution in [3.63, 3.8) is 0 Å². The molecule has 0 heterocycles. The zero-order valence-corrected chi connectivity index (χ0v) is 12.5. The van der Waals surface area contributed by atoms with Crippen LogP contribution in [0.4, 0.5) is 5.69 Å². The maximum atomic E-state index is 11.8. The molecule has 3 heteroatoms. The molecule has 0 amide bonds. The minimum Gasteiger partial charge on any atom is -0.469 e. The molecular weight excluding hydrogens is 238 g/mol. The highest BCUT2D eigenvalue weighted by molar-refractivity contribution is 5.80. The molecule has 1 aliphatic rings. The summed E-state index contributed by atoms with van der Waals surface area (Å²) in [5.41, 5.74) is 4.79. The largest absolute Gasteiger partial charge is 0.469 e. The van der Waals surface area contributed by atoms with Crippen molar-refractivity contribution in [2.24, 2.45) is 5.41 Å². The van der Waals surface area contributed by atoms with Gasteiger partial charge in [-0.2, -0.15) is 0 Å². The molecule has 1 aromatic rings. The number of hydrogen-bond acceptors (Lipinski definition) is 3. The Hall–Kier alpha value is -1.51. The molecule has 0 aliphatic heterocycles. The molecule has 0 aromatic heterocycles. The standard InChI is InChI=1S/C16H23NO2/c1-11-8-13(3)14(9-12(11)2)17(4)10-16(6-7-16)15(18)19-5/h8-9H,6-7,10H2,1-5H3. The van der Waals surface area contributed by atoms with Gasteiger partial charge in [-0.3, -0.25) is 4.79 Å². The van der Waals surface area contributed by atoms with E-state index >= 15 is 0 Å². The second-order valence-electron chi connectivity index (χ2n) is 5.85. The Morgan fingerprint density at radius 2 is 1.79 bits per heavy atom. The van der Waals surface area contributed by atoms with Crippen LogP contribution in [0.15, 0.2) is 12.1 Å². The van der Waals surface area contributed by atoms with Gasteiger partial charge in [-0.1, -0.05) is 6.07 Å². The Kier molecular flexibility index (Phi) is 3.57. The van der Waals surface area contributed by atoms with E-state index in [1.165, 1.54) is 29.5 Å². The summed E-state index contributed by atoms with van der Waals surface area (Å²) in [5.74, 6) is -0.0687. The fourth-order valence-corrected chi connectivity index (χ4v) is 2.69. The predicted molar refractivity (Wildman–Crippen MR) is 77.6 cm³/mol. The first-order valence-corrected chi connectivity index (χ1v) is 6.77. The van der Waals surface area contributed by atoms with Crippen LogP contribution in [0.3, 0.4) is 0 Å². The van der Waals surface area contributed by atoms with Crippen LogP contribution in [0, 0.1) is 26.2 Å². The first kappa shape index (κ1) is 13.9. The third kappa shape index (κ3) is 2.60. The van der Waals surface area contributed by atoms with Crippen LogP contribution in [0.2, 0.25) is 0 Å². The van der Waals surface area contributed by atoms with Crippen molar-refractivity contribution in [2.75, 3.05) is 25.6 Å². The van der Waals surface area contributed by atoms with E-state index in [1.54, 1.807) is 0 Å². The predicted octanol–water partition coefficient (Wildman–Crippen LogP) is 3.00. The van der Waals surface area contributed by atoms with E-state index in [1.807, 2.05) is 0 Å². The lowest BCUT2D eigenvalue weighted by molar-refractivity contribution is -0.146. The summed E-state index contributed by atoms with van der Waals surface area (Å²) in [7, 11) is 3.53. The van der Waals surface area contributed by atoms with Crippen molar-refractivity contribution in [1.29, 1.82) is 0 Å². The molecule has 1 fully saturated rings. The van der Waals surface area contributed by atoms with E-state index in [-0.39, 0.29) is 11.4 Å². The summed E-state index contributed by atoms with van der Waals surface area (Å²) in [5, 5.41) is 0. The maximum Gasteiger partial charge on any atom is 0.313 e. The van der Waals surface area contributed by atoms with Gasteiger partial charge in [0, 0.05) is 19.3 Å². The molecule has 0 radical (unpaired) electrons. The van der Waals surface area contributed by atoms with Gasteiger partial charge >= 0.3 is 5.97 Å². The number of aryl methyl sites for hydroxylation is 3. The Labute approximate surface area is 115 Å². The van der Waals surface area contributed by atoms with E-state index < -0.39 is 0 Å². The number of esters is 1. The van der Waals surface area contributed by atoms with E-state index in [0.717, 1.165) is 19.4 Å². The SMILES string of the molecule is COC(=O)C1(CN(C)c2cc(C)c(C)cc2C)CC1. The molecule has 1 aromatic carbocycles. The van der Waals surface area contributed by atoms with Crippen molar-refractivity contribution in [1.82, 2.24) is 0 Å². The van der Waals surface area contributed by atoms with Crippen molar-refractivity contribution in [3.8, 4) is 0 Å². The molecular formula is C16H23NO2. The van der Waals surface area contributed by atoms with Crippen molar-refractivity contribution in [3.05, 3.63) is 28.8 Å². The molecule has 0 bridgehead atoms. The lowest BCUT2D eigenvalue weighted by Gasteiger charge is -2.26. The molecule has 1 saturated carbocycles. The van der Waals surface area contributed by atoms with Crippen molar-refractivity contribution in [2.45, 2.75) is 33.6 Å². The number of methoxy groups -OCH3 is 1. The minimum absolute atomic E-state index is 0.0687. The summed E-state index contributed by atoms with van der Waals surface area (Å²) < 4.78 is 4.92. The third-order valence-electron chi connectivity index (χ3n) is 4.24. The zero-order valence-electron chi connectivity index (χ0n) is 12.5. The number of benzene rings is 1. The smallest absolute Gasteiger partial charge is 0.313 e. The Morgan fingerprint density at radius 3 is 2.32 bits per heavy atom.